The highest BCUT2D eigenvalue weighted by Crippen LogP contribution is 2.28. The summed E-state index contributed by atoms with van der Waals surface area (Å²) in [5.74, 6) is 0.110. The van der Waals surface area contributed by atoms with E-state index in [2.05, 4.69) is 28.4 Å². The van der Waals surface area contributed by atoms with Gasteiger partial charge in [0.25, 0.3) is 0 Å². The van der Waals surface area contributed by atoms with E-state index in [-0.39, 0.29) is 22.9 Å². The first kappa shape index (κ1) is 21.0. The van der Waals surface area contributed by atoms with Crippen LogP contribution in [0.25, 0.3) is 27.6 Å². The summed E-state index contributed by atoms with van der Waals surface area (Å²) in [5.41, 5.74) is 3.46. The van der Waals surface area contributed by atoms with E-state index in [9.17, 15) is 9.90 Å². The van der Waals surface area contributed by atoms with E-state index in [1.54, 1.807) is 0 Å². The summed E-state index contributed by atoms with van der Waals surface area (Å²) in [6, 6.07) is 15.4. The summed E-state index contributed by atoms with van der Waals surface area (Å²) in [5, 5.41) is 11.6. The fourth-order valence-electron chi connectivity index (χ4n) is 3.43. The number of para-hydroxylation sites is 4. The molecule has 2 aromatic carbocycles. The van der Waals surface area contributed by atoms with Gasteiger partial charge < -0.3 is 19.4 Å². The van der Waals surface area contributed by atoms with Crippen LogP contribution in [0.5, 0.6) is 0 Å². The maximum Gasteiger partial charge on any atom is 0.345 e. The summed E-state index contributed by atoms with van der Waals surface area (Å²) < 4.78 is 7.06. The number of imidazole rings is 2. The first-order valence-electron chi connectivity index (χ1n) is 10.0. The minimum Gasteiger partial charge on any atom is -0.510 e. The van der Waals surface area contributed by atoms with Gasteiger partial charge in [0.1, 0.15) is 17.2 Å². The summed E-state index contributed by atoms with van der Waals surface area (Å²) in [4.78, 5) is 24.7. The molecule has 0 unspecified atom stereocenters. The second-order valence-corrected chi connectivity index (χ2v) is 8.53. The Morgan fingerprint density at radius 2 is 1.84 bits per heavy atom. The van der Waals surface area contributed by atoms with Crippen molar-refractivity contribution < 1.29 is 14.6 Å². The number of carbonyl (C=O) groups is 1. The van der Waals surface area contributed by atoms with E-state index < -0.39 is 5.97 Å². The van der Waals surface area contributed by atoms with Crippen LogP contribution in [0.2, 0.25) is 0 Å². The molecule has 0 saturated heterocycles. The molecule has 8 heteroatoms. The molecule has 31 heavy (non-hydrogen) atoms. The molecule has 0 spiro atoms. The smallest absolute Gasteiger partial charge is 0.345 e. The molecule has 2 heterocycles. The van der Waals surface area contributed by atoms with Crippen molar-refractivity contribution in [3.05, 3.63) is 60.1 Å². The third-order valence-electron chi connectivity index (χ3n) is 4.81. The van der Waals surface area contributed by atoms with Gasteiger partial charge in [-0.05, 0) is 30.2 Å². The molecule has 0 amide bonds. The van der Waals surface area contributed by atoms with Crippen molar-refractivity contribution in [3.63, 3.8) is 0 Å². The average Bonchev–Trinajstić information content (AvgIpc) is 3.33. The molecule has 2 N–H and O–H groups in total. The van der Waals surface area contributed by atoms with Crippen LogP contribution < -0.4 is 0 Å². The van der Waals surface area contributed by atoms with Crippen molar-refractivity contribution in [2.75, 3.05) is 12.9 Å². The number of fused-ring (bicyclic) bond motifs is 2. The number of aliphatic hydroxyl groups is 1. The molecule has 4 rings (SSSR count). The van der Waals surface area contributed by atoms with Gasteiger partial charge in [0.15, 0.2) is 5.16 Å². The molecular weight excluding hydrogens is 412 g/mol. The molecular formula is C23H24N4O3S. The van der Waals surface area contributed by atoms with Gasteiger partial charge in [-0.3, -0.25) is 0 Å². The monoisotopic (exact) mass is 436 g/mol. The van der Waals surface area contributed by atoms with E-state index in [1.807, 2.05) is 48.5 Å². The largest absolute Gasteiger partial charge is 0.510 e. The summed E-state index contributed by atoms with van der Waals surface area (Å²) in [7, 11) is 1.29. The van der Waals surface area contributed by atoms with Gasteiger partial charge in [0, 0.05) is 6.54 Å². The predicted octanol–water partition coefficient (Wildman–Crippen LogP) is 4.80. The maximum absolute atomic E-state index is 12.5. The molecule has 4 aromatic rings. The number of nitrogens with one attached hydrogen (secondary N) is 1. The van der Waals surface area contributed by atoms with Gasteiger partial charge in [-0.15, -0.1) is 0 Å². The Morgan fingerprint density at radius 1 is 1.13 bits per heavy atom. The van der Waals surface area contributed by atoms with Crippen molar-refractivity contribution >= 4 is 45.4 Å². The van der Waals surface area contributed by atoms with E-state index in [0.29, 0.717) is 11.4 Å². The fraction of sp³-hybridized carbons (Fsp3) is 0.261. The number of aliphatic hydroxyl groups excluding tert-OH is 1. The lowest BCUT2D eigenvalue weighted by Crippen LogP contribution is -2.10. The van der Waals surface area contributed by atoms with Gasteiger partial charge >= 0.3 is 5.97 Å². The quantitative estimate of drug-likeness (QED) is 0.187. The summed E-state index contributed by atoms with van der Waals surface area (Å²) in [6.45, 7) is 5.11. The number of hydrogen-bond acceptors (Lipinski definition) is 6. The highest BCUT2D eigenvalue weighted by Gasteiger charge is 2.23. The van der Waals surface area contributed by atoms with Crippen LogP contribution in [0.15, 0.2) is 59.4 Å². The van der Waals surface area contributed by atoms with E-state index in [4.69, 9.17) is 9.72 Å². The zero-order chi connectivity index (χ0) is 22.0. The third-order valence-corrected chi connectivity index (χ3v) is 5.80. The predicted molar refractivity (Wildman–Crippen MR) is 123 cm³/mol. The Balaban J connectivity index is 1.69. The SMILES string of the molecule is COC(=O)/C(=C(/O)CSc1nc2ccccc2n1CC(C)C)c1nc2ccccc2[nH]1. The number of hydrogen-bond donors (Lipinski definition) is 2. The second-order valence-electron chi connectivity index (χ2n) is 7.59. The molecule has 0 radical (unpaired) electrons. The topological polar surface area (TPSA) is 93.0 Å². The Labute approximate surface area is 184 Å². The first-order chi connectivity index (χ1) is 15.0. The lowest BCUT2D eigenvalue weighted by molar-refractivity contribution is -0.133. The standard InChI is InChI=1S/C23H24N4O3S/c1-14(2)12-27-18-11-7-6-10-17(18)26-23(27)31-13-19(28)20(22(29)30-3)21-24-15-8-4-5-9-16(15)25-21/h4-11,14,28H,12-13H2,1-3H3,(H,24,25)/b20-19+. The van der Waals surface area contributed by atoms with Crippen LogP contribution in [-0.2, 0) is 16.1 Å². The summed E-state index contributed by atoms with van der Waals surface area (Å²) in [6.07, 6.45) is 0. The minimum atomic E-state index is -0.646. The number of H-pyrrole nitrogens is 1. The Morgan fingerprint density at radius 3 is 2.55 bits per heavy atom. The number of thioether (sulfide) groups is 1. The fourth-order valence-corrected chi connectivity index (χ4v) is 4.34. The number of methoxy groups -OCH3 is 1. The molecule has 0 fully saturated rings. The van der Waals surface area contributed by atoms with Gasteiger partial charge in [-0.25, -0.2) is 14.8 Å². The third kappa shape index (κ3) is 4.29. The van der Waals surface area contributed by atoms with Gasteiger partial charge in [-0.2, -0.15) is 0 Å². The normalized spacial score (nSPS) is 12.5. The molecule has 2 aromatic heterocycles. The highest BCUT2D eigenvalue weighted by atomic mass is 32.2. The molecule has 0 aliphatic heterocycles. The van der Waals surface area contributed by atoms with Gasteiger partial charge in [0.05, 0.1) is 34.9 Å². The van der Waals surface area contributed by atoms with Crippen molar-refractivity contribution in [2.45, 2.75) is 25.5 Å². The minimum absolute atomic E-state index is 0.0257. The molecule has 0 aliphatic carbocycles. The lowest BCUT2D eigenvalue weighted by atomic mass is 10.2. The summed E-state index contributed by atoms with van der Waals surface area (Å²) >= 11 is 1.38. The number of rotatable bonds is 7. The number of aromatic nitrogens is 4. The molecule has 0 atom stereocenters. The van der Waals surface area contributed by atoms with Crippen LogP contribution in [0, 0.1) is 5.92 Å². The van der Waals surface area contributed by atoms with E-state index >= 15 is 0 Å². The second kappa shape index (κ2) is 8.85. The number of benzene rings is 2. The molecule has 7 nitrogen and oxygen atoms in total. The number of aromatic amines is 1. The Bertz CT molecular complexity index is 1240. The first-order valence-corrected chi connectivity index (χ1v) is 11.0. The number of ether oxygens (including phenoxy) is 1. The zero-order valence-electron chi connectivity index (χ0n) is 17.6. The van der Waals surface area contributed by atoms with E-state index in [0.717, 1.165) is 28.3 Å². The molecule has 0 saturated carbocycles. The van der Waals surface area contributed by atoms with Crippen molar-refractivity contribution in [2.24, 2.45) is 5.92 Å². The Hall–Kier alpha value is -3.26. The van der Waals surface area contributed by atoms with Crippen molar-refractivity contribution in [1.29, 1.82) is 0 Å². The molecule has 0 bridgehead atoms. The molecule has 160 valence electrons. The Kier molecular flexibility index (Phi) is 5.99. The lowest BCUT2D eigenvalue weighted by Gasteiger charge is -2.12. The van der Waals surface area contributed by atoms with Crippen LogP contribution in [0.3, 0.4) is 0 Å². The number of nitrogens with zero attached hydrogens (tertiary/aromatic N) is 3. The average molecular weight is 437 g/mol. The van der Waals surface area contributed by atoms with E-state index in [1.165, 1.54) is 18.9 Å². The van der Waals surface area contributed by atoms with Crippen molar-refractivity contribution in [3.8, 4) is 0 Å². The van der Waals surface area contributed by atoms with Gasteiger partial charge in [-0.1, -0.05) is 49.9 Å². The number of esters is 1. The van der Waals surface area contributed by atoms with Gasteiger partial charge in [0.2, 0.25) is 0 Å². The molecule has 0 aliphatic rings. The highest BCUT2D eigenvalue weighted by molar-refractivity contribution is 7.99. The van der Waals surface area contributed by atoms with Crippen molar-refractivity contribution in [1.82, 2.24) is 19.5 Å². The van der Waals surface area contributed by atoms with Crippen LogP contribution >= 0.6 is 11.8 Å². The maximum atomic E-state index is 12.5. The van der Waals surface area contributed by atoms with Crippen LogP contribution in [0.1, 0.15) is 19.7 Å². The van der Waals surface area contributed by atoms with Crippen LogP contribution in [0.4, 0.5) is 0 Å². The van der Waals surface area contributed by atoms with Crippen LogP contribution in [-0.4, -0.2) is 43.5 Å². The zero-order valence-corrected chi connectivity index (χ0v) is 18.4. The number of carbonyl (C=O) groups excluding carboxylic acids is 1.